The fraction of sp³-hybridized carbons (Fsp3) is 0.200. The van der Waals surface area contributed by atoms with Crippen LogP contribution in [0.1, 0.15) is 41.4 Å². The van der Waals surface area contributed by atoms with Gasteiger partial charge in [-0.3, -0.25) is 9.59 Å². The van der Waals surface area contributed by atoms with Gasteiger partial charge in [-0.2, -0.15) is 0 Å². The number of para-hydroxylation sites is 1. The number of hydrogen-bond acceptors (Lipinski definition) is 2. The van der Waals surface area contributed by atoms with Crippen LogP contribution in [-0.2, 0) is 0 Å². The van der Waals surface area contributed by atoms with E-state index in [9.17, 15) is 9.59 Å². The number of rotatable bonds is 3. The Kier molecular flexibility index (Phi) is 4.64. The zero-order valence-electron chi connectivity index (χ0n) is 14.4. The molecular weight excluding hydrogens is 336 g/mol. The van der Waals surface area contributed by atoms with Gasteiger partial charge in [0, 0.05) is 16.1 Å². The Balaban J connectivity index is 2.28. The van der Waals surface area contributed by atoms with Gasteiger partial charge in [0.25, 0.3) is 11.5 Å². The second-order valence-electron chi connectivity index (χ2n) is 6.23. The van der Waals surface area contributed by atoms with E-state index >= 15 is 0 Å². The Morgan fingerprint density at radius 3 is 2.16 bits per heavy atom. The van der Waals surface area contributed by atoms with Crippen LogP contribution in [0, 0.1) is 6.92 Å². The van der Waals surface area contributed by atoms with Crippen molar-refractivity contribution in [3.05, 3.63) is 86.8 Å². The number of aromatic nitrogens is 2. The number of carbonyl (C=O) groups excluding carboxylic acids is 1. The van der Waals surface area contributed by atoms with Crippen molar-refractivity contribution in [2.45, 2.75) is 26.7 Å². The van der Waals surface area contributed by atoms with Crippen LogP contribution in [0.4, 0.5) is 0 Å². The monoisotopic (exact) mass is 354 g/mol. The Morgan fingerprint density at radius 1 is 1.00 bits per heavy atom. The van der Waals surface area contributed by atoms with Gasteiger partial charge in [0.05, 0.1) is 11.4 Å². The van der Waals surface area contributed by atoms with Crippen molar-refractivity contribution in [1.82, 2.24) is 9.36 Å². The fourth-order valence-corrected chi connectivity index (χ4v) is 3.17. The molecule has 1 heterocycles. The van der Waals surface area contributed by atoms with Crippen LogP contribution in [0.15, 0.2) is 59.4 Å². The van der Waals surface area contributed by atoms with Gasteiger partial charge in [0.1, 0.15) is 0 Å². The number of benzene rings is 2. The molecule has 0 saturated carbocycles. The van der Waals surface area contributed by atoms with Crippen LogP contribution in [0.2, 0.25) is 5.02 Å². The minimum atomic E-state index is -0.262. The second-order valence-corrected chi connectivity index (χ2v) is 6.67. The van der Waals surface area contributed by atoms with Crippen LogP contribution in [0.25, 0.3) is 5.69 Å². The van der Waals surface area contributed by atoms with Crippen LogP contribution in [0.5, 0.6) is 0 Å². The van der Waals surface area contributed by atoms with Gasteiger partial charge in [-0.15, -0.1) is 0 Å². The first kappa shape index (κ1) is 17.2. The molecule has 25 heavy (non-hydrogen) atoms. The summed E-state index contributed by atoms with van der Waals surface area (Å²) in [5.74, 6) is -0.247. The summed E-state index contributed by atoms with van der Waals surface area (Å²) in [6, 6.07) is 15.9. The molecular formula is C20H19ClN2O2. The summed E-state index contributed by atoms with van der Waals surface area (Å²) in [7, 11) is 0. The lowest BCUT2D eigenvalue weighted by atomic mass is 10.0. The lowest BCUT2D eigenvalue weighted by molar-refractivity contribution is 0.0933. The first-order valence-corrected chi connectivity index (χ1v) is 8.50. The second kappa shape index (κ2) is 6.73. The van der Waals surface area contributed by atoms with Crippen molar-refractivity contribution in [3.63, 3.8) is 0 Å². The molecule has 0 fully saturated rings. The van der Waals surface area contributed by atoms with Crippen molar-refractivity contribution in [2.24, 2.45) is 0 Å². The Morgan fingerprint density at radius 2 is 1.60 bits per heavy atom. The topological polar surface area (TPSA) is 44.0 Å². The zero-order chi connectivity index (χ0) is 18.1. The molecule has 4 nitrogen and oxygen atoms in total. The lowest BCUT2D eigenvalue weighted by Crippen LogP contribution is -2.27. The average molecular weight is 355 g/mol. The first-order chi connectivity index (χ1) is 11.9. The van der Waals surface area contributed by atoms with Gasteiger partial charge in [-0.1, -0.05) is 43.6 Å². The number of carbonyl (C=O) groups is 1. The lowest BCUT2D eigenvalue weighted by Gasteiger charge is -2.12. The predicted molar refractivity (Wildman–Crippen MR) is 100 cm³/mol. The quantitative estimate of drug-likeness (QED) is 0.699. The summed E-state index contributed by atoms with van der Waals surface area (Å²) in [5, 5.41) is 0.559. The molecule has 0 atom stereocenters. The summed E-state index contributed by atoms with van der Waals surface area (Å²) < 4.78 is 2.90. The third-order valence-electron chi connectivity index (χ3n) is 4.19. The molecule has 3 aromatic rings. The average Bonchev–Trinajstić information content (AvgIpc) is 2.86. The maximum absolute atomic E-state index is 13.1. The third-order valence-corrected chi connectivity index (χ3v) is 4.44. The summed E-state index contributed by atoms with van der Waals surface area (Å²) >= 11 is 5.92. The summed E-state index contributed by atoms with van der Waals surface area (Å²) in [6.45, 7) is 5.72. The highest BCUT2D eigenvalue weighted by atomic mass is 35.5. The molecule has 2 aromatic carbocycles. The summed E-state index contributed by atoms with van der Waals surface area (Å²) in [4.78, 5) is 26.1. The van der Waals surface area contributed by atoms with Crippen molar-refractivity contribution < 1.29 is 4.79 Å². The van der Waals surface area contributed by atoms with Crippen LogP contribution in [0.3, 0.4) is 0 Å². The highest BCUT2D eigenvalue weighted by Gasteiger charge is 2.24. The SMILES string of the molecule is Cc1c(C(C)C)c(=O)n(-c2ccccc2)n1C(=O)c1ccc(Cl)cc1. The smallest absolute Gasteiger partial charge is 0.267 e. The largest absolute Gasteiger partial charge is 0.277 e. The van der Waals surface area contributed by atoms with Gasteiger partial charge >= 0.3 is 0 Å². The van der Waals surface area contributed by atoms with Gasteiger partial charge < -0.3 is 0 Å². The molecule has 1 aromatic heterocycles. The highest BCUT2D eigenvalue weighted by molar-refractivity contribution is 6.30. The normalized spacial score (nSPS) is 11.1. The van der Waals surface area contributed by atoms with E-state index in [0.717, 1.165) is 0 Å². The third kappa shape index (κ3) is 3.05. The standard InChI is InChI=1S/C20H19ClN2O2/c1-13(2)18-14(3)22(19(24)15-9-11-16(21)12-10-15)23(20(18)25)17-7-5-4-6-8-17/h4-13H,1-3H3. The molecule has 0 saturated heterocycles. The van der Waals surface area contributed by atoms with Gasteiger partial charge in [0.15, 0.2) is 0 Å². The minimum absolute atomic E-state index is 0.0155. The van der Waals surface area contributed by atoms with E-state index in [0.29, 0.717) is 27.5 Å². The molecule has 0 spiro atoms. The Hall–Kier alpha value is -2.59. The van der Waals surface area contributed by atoms with Gasteiger partial charge in [-0.25, -0.2) is 9.36 Å². The highest BCUT2D eigenvalue weighted by Crippen LogP contribution is 2.20. The number of hydrogen-bond donors (Lipinski definition) is 0. The zero-order valence-corrected chi connectivity index (χ0v) is 15.1. The molecule has 0 radical (unpaired) electrons. The maximum Gasteiger partial charge on any atom is 0.277 e. The van der Waals surface area contributed by atoms with E-state index in [1.807, 2.05) is 51.1 Å². The van der Waals surface area contributed by atoms with E-state index in [1.54, 1.807) is 24.3 Å². The van der Waals surface area contributed by atoms with Crippen molar-refractivity contribution in [2.75, 3.05) is 0 Å². The maximum atomic E-state index is 13.1. The van der Waals surface area contributed by atoms with E-state index in [1.165, 1.54) is 9.36 Å². The molecule has 3 rings (SSSR count). The molecule has 0 unspecified atom stereocenters. The summed E-state index contributed by atoms with van der Waals surface area (Å²) in [6.07, 6.45) is 0. The van der Waals surface area contributed by atoms with Crippen LogP contribution in [-0.4, -0.2) is 15.3 Å². The minimum Gasteiger partial charge on any atom is -0.267 e. The molecule has 0 aliphatic carbocycles. The van der Waals surface area contributed by atoms with Crippen molar-refractivity contribution in [1.29, 1.82) is 0 Å². The van der Waals surface area contributed by atoms with E-state index in [4.69, 9.17) is 11.6 Å². The van der Waals surface area contributed by atoms with Gasteiger partial charge in [0.2, 0.25) is 0 Å². The fourth-order valence-electron chi connectivity index (χ4n) is 3.05. The first-order valence-electron chi connectivity index (χ1n) is 8.12. The van der Waals surface area contributed by atoms with Crippen molar-refractivity contribution >= 4 is 17.5 Å². The predicted octanol–water partition coefficient (Wildman–Crippen LogP) is 4.41. The summed E-state index contributed by atoms with van der Waals surface area (Å²) in [5.41, 5.74) is 2.27. The number of halogens is 1. The molecule has 0 aliphatic heterocycles. The van der Waals surface area contributed by atoms with Crippen LogP contribution >= 0.6 is 11.6 Å². The van der Waals surface area contributed by atoms with E-state index in [2.05, 4.69) is 0 Å². The molecule has 0 N–H and O–H groups in total. The van der Waals surface area contributed by atoms with Crippen molar-refractivity contribution in [3.8, 4) is 5.69 Å². The Bertz CT molecular complexity index is 967. The molecule has 0 amide bonds. The molecule has 0 aliphatic rings. The molecule has 128 valence electrons. The Labute approximate surface area is 151 Å². The number of nitrogens with zero attached hydrogens (tertiary/aromatic N) is 2. The molecule has 0 bridgehead atoms. The van der Waals surface area contributed by atoms with Gasteiger partial charge in [-0.05, 0) is 49.2 Å². The van der Waals surface area contributed by atoms with E-state index in [-0.39, 0.29) is 17.4 Å². The molecule has 5 heteroatoms. The van der Waals surface area contributed by atoms with Crippen LogP contribution < -0.4 is 5.56 Å². The van der Waals surface area contributed by atoms with E-state index < -0.39 is 0 Å².